The fourth-order valence-corrected chi connectivity index (χ4v) is 3.37. The van der Waals surface area contributed by atoms with Crippen molar-refractivity contribution < 1.29 is 17.2 Å². The topological polar surface area (TPSA) is 72.2 Å². The summed E-state index contributed by atoms with van der Waals surface area (Å²) in [6, 6.07) is 4.03. The summed E-state index contributed by atoms with van der Waals surface area (Å²) in [7, 11) is -3.82. The van der Waals surface area contributed by atoms with Crippen LogP contribution in [-0.4, -0.2) is 8.42 Å². The van der Waals surface area contributed by atoms with E-state index in [1.54, 1.807) is 0 Å². The molecule has 96 valence electrons. The van der Waals surface area contributed by atoms with Gasteiger partial charge in [-0.3, -0.25) is 4.72 Å². The number of nitrogen functional groups attached to an aromatic ring is 1. The minimum atomic E-state index is -3.82. The lowest BCUT2D eigenvalue weighted by molar-refractivity contribution is 0.509. The average Bonchev–Trinajstić information content (AvgIpc) is 2.71. The molecule has 1 heterocycles. The smallest absolute Gasteiger partial charge is 0.271 e. The van der Waals surface area contributed by atoms with Gasteiger partial charge in [0, 0.05) is 17.1 Å². The van der Waals surface area contributed by atoms with Crippen LogP contribution in [0.2, 0.25) is 0 Å². The van der Waals surface area contributed by atoms with Gasteiger partial charge in [0.2, 0.25) is 0 Å². The van der Waals surface area contributed by atoms with Gasteiger partial charge in [-0.2, -0.15) is 0 Å². The van der Waals surface area contributed by atoms with Crippen LogP contribution in [0.4, 0.5) is 20.2 Å². The molecule has 18 heavy (non-hydrogen) atoms. The molecular weight excluding hydrogens is 282 g/mol. The first kappa shape index (κ1) is 12.8. The van der Waals surface area contributed by atoms with Gasteiger partial charge in [0.25, 0.3) is 10.0 Å². The number of sulfonamides is 1. The first-order valence-electron chi connectivity index (χ1n) is 4.70. The second kappa shape index (κ2) is 4.54. The van der Waals surface area contributed by atoms with Gasteiger partial charge >= 0.3 is 0 Å². The largest absolute Gasteiger partial charge is 0.398 e. The van der Waals surface area contributed by atoms with Crippen molar-refractivity contribution in [3.63, 3.8) is 0 Å². The average molecular weight is 290 g/mol. The van der Waals surface area contributed by atoms with Crippen LogP contribution < -0.4 is 10.5 Å². The van der Waals surface area contributed by atoms with Crippen LogP contribution in [-0.2, 0) is 10.0 Å². The van der Waals surface area contributed by atoms with E-state index in [1.165, 1.54) is 11.4 Å². The maximum absolute atomic E-state index is 12.9. The molecule has 0 atom stereocenters. The molecule has 8 heteroatoms. The predicted molar refractivity (Wildman–Crippen MR) is 65.9 cm³/mol. The maximum Gasteiger partial charge on any atom is 0.271 e. The van der Waals surface area contributed by atoms with Crippen molar-refractivity contribution in [3.8, 4) is 0 Å². The van der Waals surface area contributed by atoms with Crippen LogP contribution in [0.5, 0.6) is 0 Å². The summed E-state index contributed by atoms with van der Waals surface area (Å²) in [6.45, 7) is 0. The molecule has 4 nitrogen and oxygen atoms in total. The molecule has 0 aliphatic heterocycles. The van der Waals surface area contributed by atoms with Crippen molar-refractivity contribution >= 4 is 32.7 Å². The summed E-state index contributed by atoms with van der Waals surface area (Å²) < 4.78 is 51.4. The molecule has 0 spiro atoms. The maximum atomic E-state index is 12.9. The molecular formula is C10H8F2N2O2S2. The number of thiophene rings is 1. The highest BCUT2D eigenvalue weighted by molar-refractivity contribution is 7.94. The minimum Gasteiger partial charge on any atom is -0.398 e. The third-order valence-corrected chi connectivity index (χ3v) is 4.87. The van der Waals surface area contributed by atoms with E-state index in [9.17, 15) is 17.2 Å². The van der Waals surface area contributed by atoms with E-state index in [0.717, 1.165) is 29.5 Å². The van der Waals surface area contributed by atoms with E-state index < -0.39 is 21.7 Å². The molecule has 1 aromatic heterocycles. The number of anilines is 2. The molecule has 0 saturated carbocycles. The zero-order valence-electron chi connectivity index (χ0n) is 8.85. The van der Waals surface area contributed by atoms with Crippen molar-refractivity contribution in [1.29, 1.82) is 0 Å². The first-order chi connectivity index (χ1) is 8.38. The van der Waals surface area contributed by atoms with Crippen molar-refractivity contribution in [2.24, 2.45) is 0 Å². The fourth-order valence-electron chi connectivity index (χ4n) is 1.24. The third kappa shape index (κ3) is 2.59. The van der Waals surface area contributed by atoms with Crippen molar-refractivity contribution in [2.45, 2.75) is 4.21 Å². The van der Waals surface area contributed by atoms with Crippen LogP contribution >= 0.6 is 11.3 Å². The van der Waals surface area contributed by atoms with Gasteiger partial charge in [-0.05, 0) is 18.2 Å². The van der Waals surface area contributed by atoms with Crippen molar-refractivity contribution in [3.05, 3.63) is 41.3 Å². The van der Waals surface area contributed by atoms with E-state index in [2.05, 4.69) is 4.72 Å². The Morgan fingerprint density at radius 1 is 1.17 bits per heavy atom. The summed E-state index contributed by atoms with van der Waals surface area (Å²) in [6.07, 6.45) is 0. The van der Waals surface area contributed by atoms with E-state index in [0.29, 0.717) is 5.69 Å². The molecule has 2 rings (SSSR count). The second-order valence-corrected chi connectivity index (χ2v) is 6.25. The molecule has 0 fully saturated rings. The molecule has 0 radical (unpaired) electrons. The Hall–Kier alpha value is -1.67. The summed E-state index contributed by atoms with van der Waals surface area (Å²) in [5.41, 5.74) is 5.69. The second-order valence-electron chi connectivity index (χ2n) is 3.43. The molecule has 0 amide bonds. The van der Waals surface area contributed by atoms with E-state index in [1.807, 2.05) is 0 Å². The molecule has 0 bridgehead atoms. The lowest BCUT2D eigenvalue weighted by Gasteiger charge is -2.06. The van der Waals surface area contributed by atoms with Gasteiger partial charge in [-0.25, -0.2) is 17.2 Å². The Labute approximate surface area is 106 Å². The summed E-state index contributed by atoms with van der Waals surface area (Å²) in [4.78, 5) is 0. The molecule has 2 aromatic rings. The van der Waals surface area contributed by atoms with E-state index in [-0.39, 0.29) is 9.90 Å². The fraction of sp³-hybridized carbons (Fsp3) is 0. The molecule has 0 aliphatic rings. The summed E-state index contributed by atoms with van der Waals surface area (Å²) in [5, 5.41) is 1.47. The van der Waals surface area contributed by atoms with Crippen LogP contribution in [0, 0.1) is 11.6 Å². The van der Waals surface area contributed by atoms with Crippen LogP contribution in [0.15, 0.2) is 33.9 Å². The van der Waals surface area contributed by atoms with Crippen LogP contribution in [0.25, 0.3) is 0 Å². The number of rotatable bonds is 3. The summed E-state index contributed by atoms with van der Waals surface area (Å²) >= 11 is 0.940. The van der Waals surface area contributed by atoms with E-state index >= 15 is 0 Å². The van der Waals surface area contributed by atoms with E-state index in [4.69, 9.17) is 5.73 Å². The number of hydrogen-bond acceptors (Lipinski definition) is 4. The SMILES string of the molecule is Nc1csc(S(=O)(=O)Nc2ccc(F)c(F)c2)c1. The van der Waals surface area contributed by atoms with Gasteiger partial charge < -0.3 is 5.73 Å². The van der Waals surface area contributed by atoms with Gasteiger partial charge in [0.05, 0.1) is 5.69 Å². The van der Waals surface area contributed by atoms with Crippen LogP contribution in [0.3, 0.4) is 0 Å². The number of benzene rings is 1. The lowest BCUT2D eigenvalue weighted by atomic mass is 10.3. The van der Waals surface area contributed by atoms with Crippen molar-refractivity contribution in [1.82, 2.24) is 0 Å². The molecule has 1 aromatic carbocycles. The number of nitrogens with two attached hydrogens (primary N) is 1. The Balaban J connectivity index is 2.30. The zero-order chi connectivity index (χ0) is 13.3. The number of hydrogen-bond donors (Lipinski definition) is 2. The molecule has 0 saturated heterocycles. The predicted octanol–water partition coefficient (Wildman–Crippen LogP) is 2.41. The Bertz CT molecular complexity index is 683. The Morgan fingerprint density at radius 2 is 1.89 bits per heavy atom. The van der Waals surface area contributed by atoms with Gasteiger partial charge in [-0.1, -0.05) is 0 Å². The quantitative estimate of drug-likeness (QED) is 0.911. The highest BCUT2D eigenvalue weighted by Crippen LogP contribution is 2.24. The van der Waals surface area contributed by atoms with Crippen molar-refractivity contribution in [2.75, 3.05) is 10.5 Å². The standard InChI is InChI=1S/C10H8F2N2O2S2/c11-8-2-1-7(4-9(8)12)14-18(15,16)10-3-6(13)5-17-10/h1-5,14H,13H2. The number of halogens is 2. The Morgan fingerprint density at radius 3 is 2.44 bits per heavy atom. The van der Waals surface area contributed by atoms with Gasteiger partial charge in [-0.15, -0.1) is 11.3 Å². The highest BCUT2D eigenvalue weighted by Gasteiger charge is 2.17. The molecule has 0 unspecified atom stereocenters. The lowest BCUT2D eigenvalue weighted by Crippen LogP contribution is -2.11. The zero-order valence-corrected chi connectivity index (χ0v) is 10.5. The van der Waals surface area contributed by atoms with Gasteiger partial charge in [0.15, 0.2) is 11.6 Å². The summed E-state index contributed by atoms with van der Waals surface area (Å²) in [5.74, 6) is -2.17. The van der Waals surface area contributed by atoms with Crippen LogP contribution in [0.1, 0.15) is 0 Å². The number of nitrogens with one attached hydrogen (secondary N) is 1. The normalized spacial score (nSPS) is 11.4. The monoisotopic (exact) mass is 290 g/mol. The Kier molecular flexibility index (Phi) is 3.22. The molecule has 0 aliphatic carbocycles. The third-order valence-electron chi connectivity index (χ3n) is 2.03. The minimum absolute atomic E-state index is 0.00438. The first-order valence-corrected chi connectivity index (χ1v) is 7.06. The van der Waals surface area contributed by atoms with Gasteiger partial charge in [0.1, 0.15) is 4.21 Å². The molecule has 3 N–H and O–H groups in total. The highest BCUT2D eigenvalue weighted by atomic mass is 32.2.